The van der Waals surface area contributed by atoms with Crippen molar-refractivity contribution in [1.29, 1.82) is 0 Å². The highest BCUT2D eigenvalue weighted by Crippen LogP contribution is 2.06. The van der Waals surface area contributed by atoms with Crippen LogP contribution >= 0.6 is 0 Å². The first-order valence-corrected chi connectivity index (χ1v) is 3.19. The third kappa shape index (κ3) is 1.77. The number of hydrogen-bond donors (Lipinski definition) is 1. The Kier molecular flexibility index (Phi) is 2.34. The molecule has 0 fully saturated rings. The van der Waals surface area contributed by atoms with Gasteiger partial charge in [-0.15, -0.1) is 0 Å². The van der Waals surface area contributed by atoms with Gasteiger partial charge in [-0.1, -0.05) is 0 Å². The lowest BCUT2D eigenvalue weighted by Crippen LogP contribution is -2.01. The average Bonchev–Trinajstić information content (AvgIpc) is 1.88. The highest BCUT2D eigenvalue weighted by Gasteiger charge is 2.03. The molecule has 0 aromatic heterocycles. The van der Waals surface area contributed by atoms with Crippen LogP contribution in [0.25, 0.3) is 0 Å². The Balaban J connectivity index is 2.57. The van der Waals surface area contributed by atoms with Gasteiger partial charge in [0, 0.05) is 37.4 Å². The van der Waals surface area contributed by atoms with Crippen molar-refractivity contribution in [2.24, 2.45) is 4.99 Å². The fourth-order valence-corrected chi connectivity index (χ4v) is 0.786. The van der Waals surface area contributed by atoms with Crippen molar-refractivity contribution in [2.75, 3.05) is 6.61 Å². The van der Waals surface area contributed by atoms with Crippen molar-refractivity contribution < 1.29 is 9.90 Å². The lowest BCUT2D eigenvalue weighted by molar-refractivity contribution is -0.113. The van der Waals surface area contributed by atoms with Gasteiger partial charge in [0.1, 0.15) is 0 Å². The first-order valence-electron chi connectivity index (χ1n) is 3.19. The molecule has 54 valence electrons. The van der Waals surface area contributed by atoms with Gasteiger partial charge in [-0.25, -0.2) is 0 Å². The maximum atomic E-state index is 10.7. The second-order valence-corrected chi connectivity index (χ2v) is 2.09. The molecule has 0 spiro atoms. The zero-order chi connectivity index (χ0) is 7.40. The van der Waals surface area contributed by atoms with Gasteiger partial charge in [-0.2, -0.15) is 0 Å². The normalized spacial score (nSPS) is 17.3. The number of carbonyl (C=O) groups is 1. The summed E-state index contributed by atoms with van der Waals surface area (Å²) < 4.78 is 0. The number of aliphatic imine (C=N–C) groups is 1. The second kappa shape index (κ2) is 3.27. The summed E-state index contributed by atoms with van der Waals surface area (Å²) in [5.41, 5.74) is 0.679. The van der Waals surface area contributed by atoms with Crippen LogP contribution in [-0.4, -0.2) is 23.7 Å². The van der Waals surface area contributed by atoms with Gasteiger partial charge in [0.05, 0.1) is 0 Å². The molecule has 0 saturated carbocycles. The Labute approximate surface area is 59.1 Å². The van der Waals surface area contributed by atoms with Crippen LogP contribution in [0.15, 0.2) is 16.8 Å². The molecule has 1 aliphatic heterocycles. The van der Waals surface area contributed by atoms with E-state index in [-0.39, 0.29) is 12.4 Å². The molecule has 0 aromatic carbocycles. The van der Waals surface area contributed by atoms with Crippen molar-refractivity contribution in [3.05, 3.63) is 11.8 Å². The first kappa shape index (κ1) is 7.15. The summed E-state index contributed by atoms with van der Waals surface area (Å²) in [5.74, 6) is 0.0680. The van der Waals surface area contributed by atoms with E-state index in [2.05, 4.69) is 4.99 Å². The topological polar surface area (TPSA) is 49.7 Å². The van der Waals surface area contributed by atoms with Crippen LogP contribution in [0, 0.1) is 0 Å². The molecular weight excluding hydrogens is 130 g/mol. The zero-order valence-corrected chi connectivity index (χ0v) is 5.58. The Bertz CT molecular complexity index is 194. The SMILES string of the molecule is O=C1C=C(CCO)N=CC1. The predicted molar refractivity (Wildman–Crippen MR) is 37.9 cm³/mol. The molecule has 1 rings (SSSR count). The standard InChI is InChI=1S/C7H9NO2/c9-4-2-6-5-7(10)1-3-8-6/h3,5,9H,1-2,4H2. The van der Waals surface area contributed by atoms with Crippen molar-refractivity contribution in [3.63, 3.8) is 0 Å². The molecule has 0 saturated heterocycles. The molecule has 3 nitrogen and oxygen atoms in total. The Morgan fingerprint density at radius 3 is 3.10 bits per heavy atom. The lowest BCUT2D eigenvalue weighted by Gasteiger charge is -2.01. The van der Waals surface area contributed by atoms with Crippen LogP contribution in [0.3, 0.4) is 0 Å². The van der Waals surface area contributed by atoms with Gasteiger partial charge in [0.25, 0.3) is 0 Å². The van der Waals surface area contributed by atoms with E-state index in [0.29, 0.717) is 18.5 Å². The molecule has 0 unspecified atom stereocenters. The van der Waals surface area contributed by atoms with E-state index in [4.69, 9.17) is 5.11 Å². The van der Waals surface area contributed by atoms with Crippen molar-refractivity contribution in [1.82, 2.24) is 0 Å². The summed E-state index contributed by atoms with van der Waals surface area (Å²) in [5, 5.41) is 8.48. The molecule has 0 amide bonds. The van der Waals surface area contributed by atoms with Gasteiger partial charge in [0.15, 0.2) is 5.78 Å². The zero-order valence-electron chi connectivity index (χ0n) is 5.58. The fraction of sp³-hybridized carbons (Fsp3) is 0.429. The summed E-state index contributed by atoms with van der Waals surface area (Å²) in [7, 11) is 0. The predicted octanol–water partition coefficient (Wildman–Crippen LogP) is 0.296. The van der Waals surface area contributed by atoms with E-state index in [9.17, 15) is 4.79 Å². The molecular formula is C7H9NO2. The summed E-state index contributed by atoms with van der Waals surface area (Å²) in [6.07, 6.45) is 3.93. The molecule has 3 heteroatoms. The number of hydrogen-bond acceptors (Lipinski definition) is 3. The maximum absolute atomic E-state index is 10.7. The first-order chi connectivity index (χ1) is 4.83. The quantitative estimate of drug-likeness (QED) is 0.598. The summed E-state index contributed by atoms with van der Waals surface area (Å²) in [4.78, 5) is 14.6. The molecule has 0 aromatic rings. The summed E-state index contributed by atoms with van der Waals surface area (Å²) in [6, 6.07) is 0. The van der Waals surface area contributed by atoms with E-state index in [1.54, 1.807) is 6.21 Å². The van der Waals surface area contributed by atoms with Crippen molar-refractivity contribution in [2.45, 2.75) is 12.8 Å². The molecule has 10 heavy (non-hydrogen) atoms. The molecule has 1 heterocycles. The van der Waals surface area contributed by atoms with Gasteiger partial charge in [-0.05, 0) is 0 Å². The van der Waals surface area contributed by atoms with E-state index < -0.39 is 0 Å². The van der Waals surface area contributed by atoms with E-state index >= 15 is 0 Å². The van der Waals surface area contributed by atoms with Gasteiger partial charge < -0.3 is 5.11 Å². The summed E-state index contributed by atoms with van der Waals surface area (Å²) >= 11 is 0. The number of allylic oxidation sites excluding steroid dienone is 1. The number of aliphatic hydroxyl groups excluding tert-OH is 1. The van der Waals surface area contributed by atoms with E-state index in [1.807, 2.05) is 0 Å². The van der Waals surface area contributed by atoms with Gasteiger partial charge in [0.2, 0.25) is 0 Å². The third-order valence-corrected chi connectivity index (χ3v) is 1.25. The monoisotopic (exact) mass is 139 g/mol. The smallest absolute Gasteiger partial charge is 0.162 e. The van der Waals surface area contributed by atoms with Crippen LogP contribution in [0.5, 0.6) is 0 Å². The number of rotatable bonds is 2. The van der Waals surface area contributed by atoms with Crippen LogP contribution in [0.2, 0.25) is 0 Å². The second-order valence-electron chi connectivity index (χ2n) is 2.09. The minimum Gasteiger partial charge on any atom is -0.396 e. The minimum atomic E-state index is 0.0520. The molecule has 0 radical (unpaired) electrons. The Morgan fingerprint density at radius 1 is 1.70 bits per heavy atom. The summed E-state index contributed by atoms with van der Waals surface area (Å²) in [6.45, 7) is 0.0520. The number of ketones is 1. The average molecular weight is 139 g/mol. The van der Waals surface area contributed by atoms with Crippen molar-refractivity contribution >= 4 is 12.0 Å². The molecule has 1 N–H and O–H groups in total. The maximum Gasteiger partial charge on any atom is 0.162 e. The van der Waals surface area contributed by atoms with Crippen LogP contribution in [0.4, 0.5) is 0 Å². The molecule has 1 aliphatic rings. The highest BCUT2D eigenvalue weighted by atomic mass is 16.3. The molecule has 0 atom stereocenters. The lowest BCUT2D eigenvalue weighted by atomic mass is 10.2. The van der Waals surface area contributed by atoms with Gasteiger partial charge in [-0.3, -0.25) is 9.79 Å². The Morgan fingerprint density at radius 2 is 2.50 bits per heavy atom. The van der Waals surface area contributed by atoms with Gasteiger partial charge >= 0.3 is 0 Å². The number of nitrogens with zero attached hydrogens (tertiary/aromatic N) is 1. The third-order valence-electron chi connectivity index (χ3n) is 1.25. The van der Waals surface area contributed by atoms with Crippen LogP contribution in [0.1, 0.15) is 12.8 Å². The Hall–Kier alpha value is -0.960. The van der Waals surface area contributed by atoms with E-state index in [0.717, 1.165) is 0 Å². The number of aliphatic hydroxyl groups is 1. The number of carbonyl (C=O) groups excluding carboxylic acids is 1. The molecule has 0 bridgehead atoms. The minimum absolute atomic E-state index is 0.0520. The van der Waals surface area contributed by atoms with Crippen molar-refractivity contribution in [3.8, 4) is 0 Å². The molecule has 0 aliphatic carbocycles. The highest BCUT2D eigenvalue weighted by molar-refractivity contribution is 6.01. The largest absolute Gasteiger partial charge is 0.396 e. The fourth-order valence-electron chi connectivity index (χ4n) is 0.786. The van der Waals surface area contributed by atoms with Crippen LogP contribution in [-0.2, 0) is 4.79 Å². The van der Waals surface area contributed by atoms with E-state index in [1.165, 1.54) is 6.08 Å². The van der Waals surface area contributed by atoms with Crippen LogP contribution < -0.4 is 0 Å².